The normalized spacial score (nSPS) is 11.9. The molecular weight excluding hydrogens is 693 g/mol. The molecule has 0 N–H and O–H groups in total. The highest BCUT2D eigenvalue weighted by molar-refractivity contribution is 6.29. The number of fused-ring (bicyclic) bond motifs is 10. The van der Waals surface area contributed by atoms with Gasteiger partial charge in [0.2, 0.25) is 0 Å². The van der Waals surface area contributed by atoms with Crippen LogP contribution in [-0.4, -0.2) is 18.7 Å². The van der Waals surface area contributed by atoms with Crippen molar-refractivity contribution in [1.82, 2.24) is 18.7 Å². The average molecular weight is 727 g/mol. The summed E-state index contributed by atoms with van der Waals surface area (Å²) in [6, 6.07) is 72.4. The van der Waals surface area contributed by atoms with E-state index in [2.05, 4.69) is 208 Å². The Balaban J connectivity index is 1.06. The number of pyridine rings is 1. The van der Waals surface area contributed by atoms with E-state index in [9.17, 15) is 0 Å². The Labute approximate surface area is 328 Å². The maximum atomic E-state index is 4.83. The average Bonchev–Trinajstić information content (AvgIpc) is 3.92. The van der Waals surface area contributed by atoms with Crippen molar-refractivity contribution in [3.05, 3.63) is 206 Å². The summed E-state index contributed by atoms with van der Waals surface area (Å²) in [6.45, 7) is 0. The van der Waals surface area contributed by atoms with E-state index in [4.69, 9.17) is 4.98 Å². The van der Waals surface area contributed by atoms with Gasteiger partial charge in [-0.2, -0.15) is 0 Å². The van der Waals surface area contributed by atoms with Gasteiger partial charge in [-0.05, 0) is 113 Å². The van der Waals surface area contributed by atoms with Crippen molar-refractivity contribution in [2.75, 3.05) is 0 Å². The van der Waals surface area contributed by atoms with E-state index in [1.54, 1.807) is 0 Å². The standard InChI is InChI=1S/C53H34N4/c1-4-16-39(17-5-1)55-46-24-11-10-22-43(46)51-48(55)29-30-49-52(51)44-27-25-38(34-50(44)56(49)40-18-6-2-7-19-40)36-15-12-14-35(32-36)37-26-28-47-45(33-37)42-23-13-31-54-53(42)57(47)41-20-8-3-9-21-41/h1-34H. The number of nitrogens with zero attached hydrogens (tertiary/aromatic N) is 4. The lowest BCUT2D eigenvalue weighted by molar-refractivity contribution is 1.14. The van der Waals surface area contributed by atoms with Crippen LogP contribution in [0.2, 0.25) is 0 Å². The minimum atomic E-state index is 0.966. The van der Waals surface area contributed by atoms with Crippen molar-refractivity contribution in [2.45, 2.75) is 0 Å². The topological polar surface area (TPSA) is 27.7 Å². The Morgan fingerprint density at radius 3 is 1.46 bits per heavy atom. The molecule has 0 amide bonds. The molecule has 0 aliphatic rings. The molecule has 0 saturated heterocycles. The van der Waals surface area contributed by atoms with Crippen LogP contribution in [0.4, 0.5) is 0 Å². The van der Waals surface area contributed by atoms with Crippen LogP contribution in [0.25, 0.3) is 105 Å². The van der Waals surface area contributed by atoms with Gasteiger partial charge >= 0.3 is 0 Å². The van der Waals surface area contributed by atoms with Gasteiger partial charge in [0.05, 0.1) is 27.6 Å². The third kappa shape index (κ3) is 4.77. The van der Waals surface area contributed by atoms with Crippen molar-refractivity contribution in [2.24, 2.45) is 0 Å². The zero-order valence-corrected chi connectivity index (χ0v) is 30.9. The zero-order chi connectivity index (χ0) is 37.5. The predicted molar refractivity (Wildman–Crippen MR) is 238 cm³/mol. The van der Waals surface area contributed by atoms with Crippen LogP contribution in [0.15, 0.2) is 206 Å². The van der Waals surface area contributed by atoms with Gasteiger partial charge in [-0.1, -0.05) is 109 Å². The van der Waals surface area contributed by atoms with Crippen LogP contribution in [0.3, 0.4) is 0 Å². The minimum Gasteiger partial charge on any atom is -0.309 e. The molecule has 0 unspecified atom stereocenters. The van der Waals surface area contributed by atoms with Gasteiger partial charge in [0, 0.05) is 55.6 Å². The fourth-order valence-corrected chi connectivity index (χ4v) is 9.20. The Morgan fingerprint density at radius 2 is 0.772 bits per heavy atom. The largest absolute Gasteiger partial charge is 0.309 e. The summed E-state index contributed by atoms with van der Waals surface area (Å²) in [5.74, 6) is 0. The molecule has 0 bridgehead atoms. The first-order valence-corrected chi connectivity index (χ1v) is 19.5. The molecule has 0 radical (unpaired) electrons. The number of hydrogen-bond acceptors (Lipinski definition) is 1. The second-order valence-corrected chi connectivity index (χ2v) is 14.8. The molecule has 8 aromatic carbocycles. The molecule has 4 heterocycles. The summed E-state index contributed by atoms with van der Waals surface area (Å²) in [5.41, 5.74) is 15.0. The molecule has 0 atom stereocenters. The number of rotatable bonds is 5. The van der Waals surface area contributed by atoms with Crippen LogP contribution in [0, 0.1) is 0 Å². The van der Waals surface area contributed by atoms with Crippen LogP contribution in [0.5, 0.6) is 0 Å². The van der Waals surface area contributed by atoms with Crippen molar-refractivity contribution in [1.29, 1.82) is 0 Å². The van der Waals surface area contributed by atoms with Crippen molar-refractivity contribution in [3.63, 3.8) is 0 Å². The molecule has 12 aromatic rings. The van der Waals surface area contributed by atoms with E-state index in [0.29, 0.717) is 0 Å². The molecule has 57 heavy (non-hydrogen) atoms. The molecule has 266 valence electrons. The molecule has 0 aliphatic heterocycles. The highest BCUT2D eigenvalue weighted by Gasteiger charge is 2.21. The molecule has 12 rings (SSSR count). The summed E-state index contributed by atoms with van der Waals surface area (Å²) in [5, 5.41) is 7.39. The van der Waals surface area contributed by atoms with Gasteiger partial charge in [0.15, 0.2) is 0 Å². The predicted octanol–water partition coefficient (Wildman–Crippen LogP) is 13.7. The Kier molecular flexibility index (Phi) is 6.89. The summed E-state index contributed by atoms with van der Waals surface area (Å²) in [6.07, 6.45) is 1.88. The van der Waals surface area contributed by atoms with E-state index >= 15 is 0 Å². The summed E-state index contributed by atoms with van der Waals surface area (Å²) in [4.78, 5) is 4.83. The van der Waals surface area contributed by atoms with Crippen molar-refractivity contribution in [3.8, 4) is 39.3 Å². The lowest BCUT2D eigenvalue weighted by atomic mass is 9.97. The van der Waals surface area contributed by atoms with E-state index in [1.807, 2.05) is 12.3 Å². The molecule has 0 spiro atoms. The fourth-order valence-electron chi connectivity index (χ4n) is 9.20. The quantitative estimate of drug-likeness (QED) is 0.174. The lowest BCUT2D eigenvalue weighted by Gasteiger charge is -2.10. The van der Waals surface area contributed by atoms with Crippen molar-refractivity contribution < 1.29 is 0 Å². The number of aromatic nitrogens is 4. The molecule has 4 nitrogen and oxygen atoms in total. The highest BCUT2D eigenvalue weighted by atomic mass is 15.0. The smallest absolute Gasteiger partial charge is 0.145 e. The summed E-state index contributed by atoms with van der Waals surface area (Å²) in [7, 11) is 0. The maximum Gasteiger partial charge on any atom is 0.145 e. The van der Waals surface area contributed by atoms with Gasteiger partial charge < -0.3 is 9.13 Å². The Morgan fingerprint density at radius 1 is 0.281 bits per heavy atom. The van der Waals surface area contributed by atoms with E-state index in [0.717, 1.165) is 33.6 Å². The van der Waals surface area contributed by atoms with E-state index in [1.165, 1.54) is 71.3 Å². The van der Waals surface area contributed by atoms with Gasteiger partial charge in [-0.3, -0.25) is 4.57 Å². The Bertz CT molecular complexity index is 3500. The van der Waals surface area contributed by atoms with Gasteiger partial charge in [-0.15, -0.1) is 0 Å². The number of para-hydroxylation sites is 4. The third-order valence-corrected chi connectivity index (χ3v) is 11.7. The maximum absolute atomic E-state index is 4.83. The second-order valence-electron chi connectivity index (χ2n) is 14.8. The van der Waals surface area contributed by atoms with Crippen LogP contribution in [0.1, 0.15) is 0 Å². The van der Waals surface area contributed by atoms with Gasteiger partial charge in [-0.25, -0.2) is 4.98 Å². The first-order chi connectivity index (χ1) is 28.3. The third-order valence-electron chi connectivity index (χ3n) is 11.7. The monoisotopic (exact) mass is 726 g/mol. The first-order valence-electron chi connectivity index (χ1n) is 19.5. The SMILES string of the molecule is c1ccc(-n2c3ccccc3c3c4c5ccc(-c6cccc(-c7ccc8c(c7)c7cccnc7n8-c7ccccc7)c6)cc5n(-c5ccccc5)c4ccc32)cc1. The van der Waals surface area contributed by atoms with E-state index < -0.39 is 0 Å². The van der Waals surface area contributed by atoms with Crippen LogP contribution < -0.4 is 0 Å². The minimum absolute atomic E-state index is 0.966. The molecule has 4 aromatic heterocycles. The number of hydrogen-bond donors (Lipinski definition) is 0. The summed E-state index contributed by atoms with van der Waals surface area (Å²) >= 11 is 0. The summed E-state index contributed by atoms with van der Waals surface area (Å²) < 4.78 is 7.11. The van der Waals surface area contributed by atoms with Crippen LogP contribution >= 0.6 is 0 Å². The molecule has 0 saturated carbocycles. The van der Waals surface area contributed by atoms with Gasteiger partial charge in [0.25, 0.3) is 0 Å². The molecular formula is C53H34N4. The first kappa shape index (κ1) is 31.6. The van der Waals surface area contributed by atoms with E-state index in [-0.39, 0.29) is 0 Å². The Hall–Kier alpha value is -7.69. The van der Waals surface area contributed by atoms with Crippen molar-refractivity contribution >= 4 is 65.5 Å². The molecule has 0 fully saturated rings. The fraction of sp³-hybridized carbons (Fsp3) is 0. The molecule has 0 aliphatic carbocycles. The van der Waals surface area contributed by atoms with Crippen LogP contribution in [-0.2, 0) is 0 Å². The highest BCUT2D eigenvalue weighted by Crippen LogP contribution is 2.43. The van der Waals surface area contributed by atoms with Gasteiger partial charge in [0.1, 0.15) is 5.65 Å². The second kappa shape index (κ2) is 12.4. The molecule has 4 heteroatoms. The zero-order valence-electron chi connectivity index (χ0n) is 30.9. The lowest BCUT2D eigenvalue weighted by Crippen LogP contribution is -1.94. The number of benzene rings is 8.